The number of hydrogen-bond donors (Lipinski definition) is 3. The maximum Gasteiger partial charge on any atom is 0.255 e. The van der Waals surface area contributed by atoms with E-state index < -0.39 is 18.1 Å². The Labute approximate surface area is 157 Å². The fourth-order valence-electron chi connectivity index (χ4n) is 4.37. The minimum absolute atomic E-state index is 0.0629. The number of carbonyl (C=O) groups excluding carboxylic acids is 3. The highest BCUT2D eigenvalue weighted by molar-refractivity contribution is 6.05. The maximum atomic E-state index is 12.9. The molecule has 1 aromatic rings. The fourth-order valence-corrected chi connectivity index (χ4v) is 4.37. The van der Waals surface area contributed by atoms with E-state index in [1.165, 1.54) is 0 Å². The predicted octanol–water partition coefficient (Wildman–Crippen LogP) is -0.658. The Balaban J connectivity index is 1.54. The number of benzene rings is 1. The van der Waals surface area contributed by atoms with Gasteiger partial charge in [-0.2, -0.15) is 0 Å². The first kappa shape index (κ1) is 18.1. The number of nitrogens with zero attached hydrogens (tertiary/aromatic N) is 2. The zero-order valence-corrected chi connectivity index (χ0v) is 15.1. The Morgan fingerprint density at radius 1 is 1.22 bits per heavy atom. The van der Waals surface area contributed by atoms with Crippen LogP contribution >= 0.6 is 0 Å². The number of nitrogens with two attached hydrogens (primary N) is 1. The van der Waals surface area contributed by atoms with Crippen molar-refractivity contribution in [1.29, 1.82) is 0 Å². The van der Waals surface area contributed by atoms with Gasteiger partial charge in [-0.15, -0.1) is 0 Å². The van der Waals surface area contributed by atoms with Crippen LogP contribution in [0.2, 0.25) is 0 Å². The van der Waals surface area contributed by atoms with Crippen LogP contribution in [0.4, 0.5) is 0 Å². The number of hydrogen-bond acceptors (Lipinski definition) is 6. The van der Waals surface area contributed by atoms with Crippen LogP contribution in [0, 0.1) is 0 Å². The summed E-state index contributed by atoms with van der Waals surface area (Å²) >= 11 is 0. The zero-order chi connectivity index (χ0) is 19.1. The van der Waals surface area contributed by atoms with E-state index in [0.29, 0.717) is 44.6 Å². The third kappa shape index (κ3) is 3.47. The average Bonchev–Trinajstić information content (AvgIpc) is 2.92. The van der Waals surface area contributed by atoms with Gasteiger partial charge in [-0.05, 0) is 30.0 Å². The van der Waals surface area contributed by atoms with E-state index in [2.05, 4.69) is 10.2 Å². The number of likely N-dealkylation sites (tertiary alicyclic amines) is 1. The zero-order valence-electron chi connectivity index (χ0n) is 15.1. The van der Waals surface area contributed by atoms with Crippen molar-refractivity contribution in [2.75, 3.05) is 13.1 Å². The minimum Gasteiger partial charge on any atom is -0.392 e. The molecule has 0 aromatic heterocycles. The van der Waals surface area contributed by atoms with Crippen LogP contribution in [0.5, 0.6) is 0 Å². The van der Waals surface area contributed by atoms with Crippen LogP contribution in [0.3, 0.4) is 0 Å². The second kappa shape index (κ2) is 7.03. The number of aliphatic hydroxyl groups excluding tert-OH is 1. The van der Waals surface area contributed by atoms with Gasteiger partial charge in [-0.3, -0.25) is 24.6 Å². The van der Waals surface area contributed by atoms with Crippen molar-refractivity contribution in [3.05, 3.63) is 34.9 Å². The van der Waals surface area contributed by atoms with E-state index in [1.54, 1.807) is 11.0 Å². The van der Waals surface area contributed by atoms with Crippen molar-refractivity contribution in [1.82, 2.24) is 15.1 Å². The Morgan fingerprint density at radius 2 is 2.04 bits per heavy atom. The SMILES string of the molecule is NC1CC(O)CN(Cc2cccc3c2CN(C2CCC(=O)NC2=O)C3=O)C1. The highest BCUT2D eigenvalue weighted by atomic mass is 16.3. The van der Waals surface area contributed by atoms with E-state index in [0.717, 1.165) is 11.1 Å². The van der Waals surface area contributed by atoms with Gasteiger partial charge in [-0.25, -0.2) is 0 Å². The van der Waals surface area contributed by atoms with E-state index in [1.807, 2.05) is 12.1 Å². The number of amides is 3. The molecule has 4 rings (SSSR count). The molecule has 3 atom stereocenters. The molecule has 27 heavy (non-hydrogen) atoms. The minimum atomic E-state index is -0.610. The highest BCUT2D eigenvalue weighted by Crippen LogP contribution is 2.30. The molecule has 2 saturated heterocycles. The number of carbonyl (C=O) groups is 3. The van der Waals surface area contributed by atoms with Crippen molar-refractivity contribution in [2.24, 2.45) is 5.73 Å². The quantitative estimate of drug-likeness (QED) is 0.607. The Kier molecular flexibility index (Phi) is 4.71. The van der Waals surface area contributed by atoms with Gasteiger partial charge in [0.15, 0.2) is 0 Å². The number of β-amino-alcohol motifs (C(OH)–C–C–N with tert-alkyl or cyclic N) is 1. The molecule has 0 bridgehead atoms. The number of piperidine rings is 2. The Bertz CT molecular complexity index is 786. The number of rotatable bonds is 3. The topological polar surface area (TPSA) is 116 Å². The molecule has 3 amide bonds. The van der Waals surface area contributed by atoms with Crippen molar-refractivity contribution >= 4 is 17.7 Å². The second-order valence-corrected chi connectivity index (χ2v) is 7.69. The Morgan fingerprint density at radius 3 is 2.78 bits per heavy atom. The molecule has 3 aliphatic rings. The van der Waals surface area contributed by atoms with Crippen LogP contribution in [0.25, 0.3) is 0 Å². The highest BCUT2D eigenvalue weighted by Gasteiger charge is 2.40. The summed E-state index contributed by atoms with van der Waals surface area (Å²) in [4.78, 5) is 40.1. The number of fused-ring (bicyclic) bond motifs is 1. The third-order valence-corrected chi connectivity index (χ3v) is 5.61. The van der Waals surface area contributed by atoms with E-state index in [-0.39, 0.29) is 24.3 Å². The van der Waals surface area contributed by atoms with Gasteiger partial charge in [0, 0.05) is 44.2 Å². The molecular weight excluding hydrogens is 348 g/mol. The largest absolute Gasteiger partial charge is 0.392 e. The lowest BCUT2D eigenvalue weighted by atomic mass is 10.00. The average molecular weight is 372 g/mol. The van der Waals surface area contributed by atoms with Crippen molar-refractivity contribution in [3.63, 3.8) is 0 Å². The van der Waals surface area contributed by atoms with Crippen LogP contribution in [-0.4, -0.2) is 63.9 Å². The smallest absolute Gasteiger partial charge is 0.255 e. The molecule has 0 spiro atoms. The summed E-state index contributed by atoms with van der Waals surface area (Å²) in [6.07, 6.45) is 0.762. The summed E-state index contributed by atoms with van der Waals surface area (Å²) in [5.74, 6) is -0.864. The van der Waals surface area contributed by atoms with Gasteiger partial charge >= 0.3 is 0 Å². The normalized spacial score (nSPS) is 29.0. The molecule has 3 unspecified atom stereocenters. The maximum absolute atomic E-state index is 12.9. The number of imide groups is 1. The fraction of sp³-hybridized carbons (Fsp3) is 0.526. The first-order chi connectivity index (χ1) is 12.9. The lowest BCUT2D eigenvalue weighted by Crippen LogP contribution is -2.52. The first-order valence-electron chi connectivity index (χ1n) is 9.34. The molecule has 8 heteroatoms. The molecule has 0 saturated carbocycles. The molecule has 3 heterocycles. The lowest BCUT2D eigenvalue weighted by Gasteiger charge is -2.34. The van der Waals surface area contributed by atoms with Crippen molar-refractivity contribution in [2.45, 2.75) is 50.5 Å². The van der Waals surface area contributed by atoms with E-state index in [9.17, 15) is 19.5 Å². The summed E-state index contributed by atoms with van der Waals surface area (Å²) < 4.78 is 0. The predicted molar refractivity (Wildman–Crippen MR) is 96.4 cm³/mol. The van der Waals surface area contributed by atoms with E-state index >= 15 is 0 Å². The van der Waals surface area contributed by atoms with Gasteiger partial charge in [0.1, 0.15) is 6.04 Å². The monoisotopic (exact) mass is 372 g/mol. The molecular formula is C19H24N4O4. The van der Waals surface area contributed by atoms with Gasteiger partial charge < -0.3 is 15.7 Å². The second-order valence-electron chi connectivity index (χ2n) is 7.69. The molecule has 2 fully saturated rings. The molecule has 4 N–H and O–H groups in total. The van der Waals surface area contributed by atoms with Crippen LogP contribution in [-0.2, 0) is 22.7 Å². The Hall–Kier alpha value is -2.29. The lowest BCUT2D eigenvalue weighted by molar-refractivity contribution is -0.136. The summed E-state index contributed by atoms with van der Waals surface area (Å²) in [5.41, 5.74) is 8.55. The van der Waals surface area contributed by atoms with Crippen LogP contribution in [0.15, 0.2) is 18.2 Å². The first-order valence-corrected chi connectivity index (χ1v) is 9.34. The molecule has 3 aliphatic heterocycles. The number of aliphatic hydroxyl groups is 1. The van der Waals surface area contributed by atoms with Gasteiger partial charge in [-0.1, -0.05) is 12.1 Å². The number of nitrogens with one attached hydrogen (secondary N) is 1. The summed E-state index contributed by atoms with van der Waals surface area (Å²) in [7, 11) is 0. The van der Waals surface area contributed by atoms with Crippen LogP contribution in [0.1, 0.15) is 40.7 Å². The third-order valence-electron chi connectivity index (χ3n) is 5.61. The molecule has 0 radical (unpaired) electrons. The van der Waals surface area contributed by atoms with Gasteiger partial charge in [0.05, 0.1) is 6.10 Å². The summed E-state index contributed by atoms with van der Waals surface area (Å²) in [5, 5.41) is 12.3. The summed E-state index contributed by atoms with van der Waals surface area (Å²) in [6, 6.07) is 4.93. The molecule has 144 valence electrons. The van der Waals surface area contributed by atoms with E-state index in [4.69, 9.17) is 5.73 Å². The van der Waals surface area contributed by atoms with Gasteiger partial charge in [0.2, 0.25) is 11.8 Å². The summed E-state index contributed by atoms with van der Waals surface area (Å²) in [6.45, 7) is 2.22. The standard InChI is InChI=1S/C19H24N4O4/c20-12-6-13(24)9-22(8-12)7-11-2-1-3-14-15(11)10-23(19(14)27)16-4-5-17(25)21-18(16)26/h1-3,12-13,16,24H,4-10,20H2,(H,21,25,26). The van der Waals surface area contributed by atoms with Crippen molar-refractivity contribution in [3.8, 4) is 0 Å². The molecule has 8 nitrogen and oxygen atoms in total. The molecule has 0 aliphatic carbocycles. The van der Waals surface area contributed by atoms with Crippen molar-refractivity contribution < 1.29 is 19.5 Å². The van der Waals surface area contributed by atoms with Gasteiger partial charge in [0.25, 0.3) is 5.91 Å². The molecule has 1 aromatic carbocycles. The van der Waals surface area contributed by atoms with Crippen LogP contribution < -0.4 is 11.1 Å².